The zero-order valence-corrected chi connectivity index (χ0v) is 14.1. The first-order chi connectivity index (χ1) is 9.81. The first-order valence-corrected chi connectivity index (χ1v) is 7.89. The Morgan fingerprint density at radius 2 is 1.81 bits per heavy atom. The Labute approximate surface area is 129 Å². The third-order valence-corrected chi connectivity index (χ3v) is 3.40. The van der Waals surface area contributed by atoms with Crippen molar-refractivity contribution in [1.82, 2.24) is 10.6 Å². The van der Waals surface area contributed by atoms with E-state index in [2.05, 4.69) is 50.5 Å². The molecule has 0 bridgehead atoms. The smallest absolute Gasteiger partial charge is 0.222 e. The second-order valence-corrected chi connectivity index (χ2v) is 6.96. The molecule has 0 saturated heterocycles. The van der Waals surface area contributed by atoms with Gasteiger partial charge in [0.25, 0.3) is 0 Å². The summed E-state index contributed by atoms with van der Waals surface area (Å²) >= 11 is 0. The molecule has 2 N–H and O–H groups in total. The second kappa shape index (κ2) is 8.18. The van der Waals surface area contributed by atoms with Crippen LogP contribution in [-0.2, 0) is 4.79 Å². The van der Waals surface area contributed by atoms with Gasteiger partial charge in [0, 0.05) is 12.5 Å². The second-order valence-electron chi connectivity index (χ2n) is 6.96. The van der Waals surface area contributed by atoms with Crippen LogP contribution >= 0.6 is 0 Å². The fourth-order valence-electron chi connectivity index (χ4n) is 2.50. The lowest BCUT2D eigenvalue weighted by atomic mass is 9.85. The summed E-state index contributed by atoms with van der Waals surface area (Å²) in [7, 11) is 0. The minimum Gasteiger partial charge on any atom is -0.349 e. The molecule has 0 aliphatic heterocycles. The summed E-state index contributed by atoms with van der Waals surface area (Å²) in [4.78, 5) is 12.2. The van der Waals surface area contributed by atoms with E-state index in [1.165, 1.54) is 5.56 Å². The molecule has 0 aliphatic carbocycles. The molecule has 0 aromatic heterocycles. The van der Waals surface area contributed by atoms with Crippen molar-refractivity contribution in [1.29, 1.82) is 0 Å². The van der Waals surface area contributed by atoms with E-state index in [9.17, 15) is 4.79 Å². The van der Waals surface area contributed by atoms with Crippen molar-refractivity contribution in [2.45, 2.75) is 59.5 Å². The predicted octanol–water partition coefficient (Wildman–Crippen LogP) is 3.67. The van der Waals surface area contributed by atoms with E-state index in [1.54, 1.807) is 0 Å². The van der Waals surface area contributed by atoms with E-state index in [0.717, 1.165) is 13.0 Å². The first-order valence-electron chi connectivity index (χ1n) is 7.89. The summed E-state index contributed by atoms with van der Waals surface area (Å²) in [5.74, 6) is 0.113. The number of hydrogen-bond acceptors (Lipinski definition) is 2. The zero-order chi connectivity index (χ0) is 15.9. The van der Waals surface area contributed by atoms with Crippen LogP contribution in [0.1, 0.15) is 59.1 Å². The van der Waals surface area contributed by atoms with Gasteiger partial charge in [0.1, 0.15) is 0 Å². The summed E-state index contributed by atoms with van der Waals surface area (Å²) in [5.41, 5.74) is 1.35. The van der Waals surface area contributed by atoms with Crippen LogP contribution in [-0.4, -0.2) is 18.5 Å². The Morgan fingerprint density at radius 3 is 2.33 bits per heavy atom. The van der Waals surface area contributed by atoms with Crippen molar-refractivity contribution in [2.24, 2.45) is 5.41 Å². The van der Waals surface area contributed by atoms with Crippen molar-refractivity contribution in [2.75, 3.05) is 6.54 Å². The van der Waals surface area contributed by atoms with Crippen LogP contribution in [0.3, 0.4) is 0 Å². The summed E-state index contributed by atoms with van der Waals surface area (Å²) in [6, 6.07) is 10.5. The Bertz CT molecular complexity index is 423. The highest BCUT2D eigenvalue weighted by atomic mass is 16.1. The quantitative estimate of drug-likeness (QED) is 0.804. The van der Waals surface area contributed by atoms with Crippen LogP contribution < -0.4 is 10.6 Å². The lowest BCUT2D eigenvalue weighted by Gasteiger charge is -2.27. The van der Waals surface area contributed by atoms with E-state index < -0.39 is 0 Å². The number of benzene rings is 1. The van der Waals surface area contributed by atoms with Crippen LogP contribution in [0.4, 0.5) is 0 Å². The summed E-state index contributed by atoms with van der Waals surface area (Å²) in [6.45, 7) is 11.6. The molecule has 0 radical (unpaired) electrons. The molecule has 1 amide bonds. The van der Waals surface area contributed by atoms with Crippen molar-refractivity contribution in [3.05, 3.63) is 35.9 Å². The Kier molecular flexibility index (Phi) is 6.90. The van der Waals surface area contributed by atoms with Crippen LogP contribution in [0.2, 0.25) is 0 Å². The summed E-state index contributed by atoms with van der Waals surface area (Å²) in [6.07, 6.45) is 1.44. The largest absolute Gasteiger partial charge is 0.349 e. The van der Waals surface area contributed by atoms with Crippen molar-refractivity contribution >= 4 is 5.91 Å². The highest BCUT2D eigenvalue weighted by molar-refractivity contribution is 5.77. The maximum Gasteiger partial charge on any atom is 0.222 e. The highest BCUT2D eigenvalue weighted by Gasteiger charge is 2.22. The van der Waals surface area contributed by atoms with Crippen molar-refractivity contribution < 1.29 is 4.79 Å². The summed E-state index contributed by atoms with van der Waals surface area (Å²) < 4.78 is 0. The third-order valence-electron chi connectivity index (χ3n) is 3.40. The van der Waals surface area contributed by atoms with Gasteiger partial charge in [-0.3, -0.25) is 4.79 Å². The zero-order valence-electron chi connectivity index (χ0n) is 14.1. The Morgan fingerprint density at radius 1 is 1.19 bits per heavy atom. The fourth-order valence-corrected chi connectivity index (χ4v) is 2.50. The molecule has 1 aromatic rings. The van der Waals surface area contributed by atoms with E-state index in [-0.39, 0.29) is 23.4 Å². The molecule has 1 rings (SSSR count). The number of carbonyl (C=O) groups excluding carboxylic acids is 1. The van der Waals surface area contributed by atoms with Gasteiger partial charge in [0.15, 0.2) is 0 Å². The average molecular weight is 290 g/mol. The van der Waals surface area contributed by atoms with Crippen molar-refractivity contribution in [3.8, 4) is 0 Å². The Hall–Kier alpha value is -1.35. The fraction of sp³-hybridized carbons (Fsp3) is 0.611. The van der Waals surface area contributed by atoms with Gasteiger partial charge in [-0.25, -0.2) is 0 Å². The van der Waals surface area contributed by atoms with Gasteiger partial charge in [-0.05, 0) is 30.9 Å². The van der Waals surface area contributed by atoms with Gasteiger partial charge in [0.2, 0.25) is 5.91 Å². The molecule has 0 heterocycles. The molecule has 118 valence electrons. The molecular formula is C18H30N2O. The highest BCUT2D eigenvalue weighted by Crippen LogP contribution is 2.29. The van der Waals surface area contributed by atoms with E-state index in [0.29, 0.717) is 6.42 Å². The molecule has 21 heavy (non-hydrogen) atoms. The van der Waals surface area contributed by atoms with Gasteiger partial charge in [-0.1, -0.05) is 58.0 Å². The number of amides is 1. The maximum absolute atomic E-state index is 12.2. The first kappa shape index (κ1) is 17.7. The molecule has 0 saturated carbocycles. The lowest BCUT2D eigenvalue weighted by Crippen LogP contribution is -2.36. The van der Waals surface area contributed by atoms with Gasteiger partial charge in [0.05, 0.1) is 6.04 Å². The number of hydrogen-bond donors (Lipinski definition) is 2. The molecule has 3 nitrogen and oxygen atoms in total. The van der Waals surface area contributed by atoms with Gasteiger partial charge < -0.3 is 10.6 Å². The van der Waals surface area contributed by atoms with Crippen LogP contribution in [0.25, 0.3) is 0 Å². The average Bonchev–Trinajstić information content (AvgIpc) is 2.37. The third kappa shape index (κ3) is 7.28. The SMILES string of the molecule is CCNC(C)CC(=O)NC(CC(C)(C)C)c1ccccc1. The van der Waals surface area contributed by atoms with E-state index in [4.69, 9.17) is 0 Å². The molecule has 0 aliphatic rings. The number of nitrogens with one attached hydrogen (secondary N) is 2. The number of carbonyl (C=O) groups is 1. The lowest BCUT2D eigenvalue weighted by molar-refractivity contribution is -0.122. The van der Waals surface area contributed by atoms with E-state index >= 15 is 0 Å². The number of rotatable bonds is 7. The maximum atomic E-state index is 12.2. The van der Waals surface area contributed by atoms with Gasteiger partial charge in [-0.15, -0.1) is 0 Å². The molecule has 2 atom stereocenters. The minimum atomic E-state index is 0.0764. The van der Waals surface area contributed by atoms with Gasteiger partial charge in [-0.2, -0.15) is 0 Å². The molecule has 1 aromatic carbocycles. The molecule has 0 spiro atoms. The van der Waals surface area contributed by atoms with Crippen LogP contribution in [0.15, 0.2) is 30.3 Å². The normalized spacial score (nSPS) is 14.5. The van der Waals surface area contributed by atoms with Crippen molar-refractivity contribution in [3.63, 3.8) is 0 Å². The molecule has 2 unspecified atom stereocenters. The molecule has 3 heteroatoms. The minimum absolute atomic E-state index is 0.0764. The topological polar surface area (TPSA) is 41.1 Å². The van der Waals surface area contributed by atoms with E-state index in [1.807, 2.05) is 25.1 Å². The standard InChI is InChI=1S/C18H30N2O/c1-6-19-14(2)12-17(21)20-16(13-18(3,4)5)15-10-8-7-9-11-15/h7-11,14,16,19H,6,12-13H2,1-5H3,(H,20,21). The molecule has 0 fully saturated rings. The Balaban J connectivity index is 2.72. The van der Waals surface area contributed by atoms with Crippen LogP contribution in [0.5, 0.6) is 0 Å². The van der Waals surface area contributed by atoms with Crippen LogP contribution in [0, 0.1) is 5.41 Å². The summed E-state index contributed by atoms with van der Waals surface area (Å²) in [5, 5.41) is 6.48. The predicted molar refractivity (Wildman–Crippen MR) is 89.2 cm³/mol. The molecular weight excluding hydrogens is 260 g/mol. The van der Waals surface area contributed by atoms with Gasteiger partial charge >= 0.3 is 0 Å². The monoisotopic (exact) mass is 290 g/mol.